The maximum atomic E-state index is 11.3. The molecule has 0 saturated heterocycles. The number of Topliss-reactive ketones (excluding diaryl/α,β-unsaturated/α-hetero) is 1. The van der Waals surface area contributed by atoms with Crippen LogP contribution in [-0.4, -0.2) is 24.4 Å². The highest BCUT2D eigenvalue weighted by atomic mass is 35.5. The number of rotatable bonds is 3. The fraction of sp³-hybridized carbons (Fsp3) is 0.333. The van der Waals surface area contributed by atoms with Crippen LogP contribution in [0.1, 0.15) is 16.1 Å². The second-order valence-electron chi connectivity index (χ2n) is 2.65. The van der Waals surface area contributed by atoms with E-state index < -0.39 is 0 Å². The minimum absolute atomic E-state index is 0. The van der Waals surface area contributed by atoms with E-state index >= 15 is 0 Å². The minimum Gasteiger partial charge on any atom is -0.481 e. The third-order valence-electron chi connectivity index (χ3n) is 1.73. The zero-order valence-electron chi connectivity index (χ0n) is 8.52. The summed E-state index contributed by atoms with van der Waals surface area (Å²) < 4.78 is 4.90. The summed E-state index contributed by atoms with van der Waals surface area (Å²) in [6.45, 7) is 1.79. The summed E-state index contributed by atoms with van der Waals surface area (Å²) in [4.78, 5) is 15.3. The van der Waals surface area contributed by atoms with Crippen molar-refractivity contribution in [2.24, 2.45) is 5.73 Å². The first-order valence-corrected chi connectivity index (χ1v) is 3.94. The summed E-state index contributed by atoms with van der Waals surface area (Å²) in [5.74, 6) is 0.263. The number of nitrogens with zero attached hydrogens (tertiary/aromatic N) is 1. The Morgan fingerprint density at radius 3 is 2.53 bits per heavy atom. The van der Waals surface area contributed by atoms with Crippen molar-refractivity contribution < 1.29 is 9.53 Å². The van der Waals surface area contributed by atoms with Crippen LogP contribution in [0.25, 0.3) is 0 Å². The Bertz CT molecular complexity index is 332. The van der Waals surface area contributed by atoms with Crippen LogP contribution in [0.3, 0.4) is 0 Å². The molecule has 0 amide bonds. The number of aromatic nitrogens is 1. The number of ether oxygens (including phenoxy) is 1. The fourth-order valence-electron chi connectivity index (χ4n) is 1.00. The number of hydrogen-bond donors (Lipinski definition) is 1. The van der Waals surface area contributed by atoms with E-state index in [9.17, 15) is 4.79 Å². The largest absolute Gasteiger partial charge is 0.481 e. The summed E-state index contributed by atoms with van der Waals surface area (Å²) >= 11 is 0. The molecule has 6 heteroatoms. The van der Waals surface area contributed by atoms with Crippen LogP contribution < -0.4 is 10.5 Å². The van der Waals surface area contributed by atoms with Crippen molar-refractivity contribution in [3.05, 3.63) is 23.4 Å². The van der Waals surface area contributed by atoms with Gasteiger partial charge in [0.15, 0.2) is 5.78 Å². The van der Waals surface area contributed by atoms with Gasteiger partial charge >= 0.3 is 0 Å². The van der Waals surface area contributed by atoms with Crippen molar-refractivity contribution in [3.8, 4) is 5.88 Å². The first-order chi connectivity index (χ1) is 6.19. The lowest BCUT2D eigenvalue weighted by atomic mass is 10.1. The van der Waals surface area contributed by atoms with Crippen LogP contribution in [0.2, 0.25) is 0 Å². The SMILES string of the molecule is COc1ccc(C)c(C(=O)CN)n1.Cl.Cl. The lowest BCUT2D eigenvalue weighted by Gasteiger charge is -2.04. The zero-order chi connectivity index (χ0) is 9.84. The van der Waals surface area contributed by atoms with E-state index in [2.05, 4.69) is 4.98 Å². The van der Waals surface area contributed by atoms with E-state index in [-0.39, 0.29) is 37.1 Å². The number of ketones is 1. The van der Waals surface area contributed by atoms with Gasteiger partial charge in [0, 0.05) is 6.07 Å². The molecule has 1 heterocycles. The number of carbonyl (C=O) groups is 1. The molecule has 0 aliphatic rings. The highest BCUT2D eigenvalue weighted by Crippen LogP contribution is 2.11. The first kappa shape index (κ1) is 16.6. The molecule has 0 unspecified atom stereocenters. The molecule has 0 aliphatic carbocycles. The Morgan fingerprint density at radius 2 is 2.07 bits per heavy atom. The van der Waals surface area contributed by atoms with E-state index in [1.807, 2.05) is 6.92 Å². The average Bonchev–Trinajstić information content (AvgIpc) is 2.17. The first-order valence-electron chi connectivity index (χ1n) is 3.94. The predicted octanol–water partition coefficient (Wildman–Crippen LogP) is 1.38. The number of halogens is 2. The smallest absolute Gasteiger partial charge is 0.213 e. The Kier molecular flexibility index (Phi) is 8.24. The van der Waals surface area contributed by atoms with Gasteiger partial charge in [-0.15, -0.1) is 24.8 Å². The van der Waals surface area contributed by atoms with Crippen LogP contribution in [0, 0.1) is 6.92 Å². The summed E-state index contributed by atoms with van der Waals surface area (Å²) in [6, 6.07) is 3.50. The van der Waals surface area contributed by atoms with Gasteiger partial charge in [-0.3, -0.25) is 4.79 Å². The molecule has 0 fully saturated rings. The number of methoxy groups -OCH3 is 1. The molecule has 0 saturated carbocycles. The maximum Gasteiger partial charge on any atom is 0.213 e. The zero-order valence-corrected chi connectivity index (χ0v) is 10.2. The normalized spacial score (nSPS) is 8.47. The van der Waals surface area contributed by atoms with Crippen molar-refractivity contribution in [2.45, 2.75) is 6.92 Å². The quantitative estimate of drug-likeness (QED) is 0.826. The molecule has 0 bridgehead atoms. The Morgan fingerprint density at radius 1 is 1.47 bits per heavy atom. The van der Waals surface area contributed by atoms with Crippen LogP contribution in [0.5, 0.6) is 5.88 Å². The summed E-state index contributed by atoms with van der Waals surface area (Å²) in [7, 11) is 1.51. The number of carbonyl (C=O) groups excluding carboxylic acids is 1. The van der Waals surface area contributed by atoms with Gasteiger partial charge in [0.05, 0.1) is 13.7 Å². The van der Waals surface area contributed by atoms with Crippen LogP contribution in [-0.2, 0) is 0 Å². The predicted molar refractivity (Wildman–Crippen MR) is 63.4 cm³/mol. The van der Waals surface area contributed by atoms with Crippen LogP contribution in [0.15, 0.2) is 12.1 Å². The molecule has 86 valence electrons. The lowest BCUT2D eigenvalue weighted by molar-refractivity contribution is 0.0995. The molecule has 0 atom stereocenters. The van der Waals surface area contributed by atoms with Crippen molar-refractivity contribution in [2.75, 3.05) is 13.7 Å². The maximum absolute atomic E-state index is 11.3. The van der Waals surface area contributed by atoms with Gasteiger partial charge in [0.25, 0.3) is 0 Å². The van der Waals surface area contributed by atoms with Gasteiger partial charge < -0.3 is 10.5 Å². The highest BCUT2D eigenvalue weighted by Gasteiger charge is 2.09. The summed E-state index contributed by atoms with van der Waals surface area (Å²) in [6.07, 6.45) is 0. The number of pyridine rings is 1. The molecule has 0 aromatic carbocycles. The second-order valence-corrected chi connectivity index (χ2v) is 2.65. The average molecular weight is 253 g/mol. The van der Waals surface area contributed by atoms with E-state index in [0.717, 1.165) is 5.56 Å². The molecular formula is C9H14Cl2N2O2. The fourth-order valence-corrected chi connectivity index (χ4v) is 1.00. The Labute approximate surface area is 101 Å². The second kappa shape index (κ2) is 7.45. The summed E-state index contributed by atoms with van der Waals surface area (Å²) in [5, 5.41) is 0. The van der Waals surface area contributed by atoms with Crippen molar-refractivity contribution >= 4 is 30.6 Å². The van der Waals surface area contributed by atoms with Gasteiger partial charge in [-0.2, -0.15) is 0 Å². The number of hydrogen-bond acceptors (Lipinski definition) is 4. The lowest BCUT2D eigenvalue weighted by Crippen LogP contribution is -2.16. The monoisotopic (exact) mass is 252 g/mol. The molecule has 15 heavy (non-hydrogen) atoms. The van der Waals surface area contributed by atoms with Crippen LogP contribution in [0.4, 0.5) is 0 Å². The van der Waals surface area contributed by atoms with Crippen LogP contribution >= 0.6 is 24.8 Å². The third kappa shape index (κ3) is 4.03. The van der Waals surface area contributed by atoms with E-state index in [1.165, 1.54) is 7.11 Å². The molecular weight excluding hydrogens is 239 g/mol. The van der Waals surface area contributed by atoms with E-state index in [1.54, 1.807) is 12.1 Å². The Balaban J connectivity index is 0. The third-order valence-corrected chi connectivity index (χ3v) is 1.73. The van der Waals surface area contributed by atoms with Crippen molar-refractivity contribution in [1.29, 1.82) is 0 Å². The molecule has 1 aromatic rings. The molecule has 0 spiro atoms. The number of nitrogens with two attached hydrogens (primary N) is 1. The highest BCUT2D eigenvalue weighted by molar-refractivity contribution is 5.97. The van der Waals surface area contributed by atoms with E-state index in [0.29, 0.717) is 11.6 Å². The topological polar surface area (TPSA) is 65.2 Å². The standard InChI is InChI=1S/C9H12N2O2.2ClH/c1-6-3-4-8(13-2)11-9(6)7(12)5-10;;/h3-4H,5,10H2,1-2H3;2*1H. The molecule has 4 nitrogen and oxygen atoms in total. The van der Waals surface area contributed by atoms with Gasteiger partial charge in [-0.1, -0.05) is 6.07 Å². The minimum atomic E-state index is -0.170. The van der Waals surface area contributed by atoms with Gasteiger partial charge in [0.2, 0.25) is 5.88 Å². The van der Waals surface area contributed by atoms with E-state index in [4.69, 9.17) is 10.5 Å². The molecule has 0 aliphatic heterocycles. The molecule has 0 radical (unpaired) electrons. The van der Waals surface area contributed by atoms with Gasteiger partial charge in [-0.05, 0) is 12.5 Å². The molecule has 1 rings (SSSR count). The van der Waals surface area contributed by atoms with Gasteiger partial charge in [-0.25, -0.2) is 4.98 Å². The van der Waals surface area contributed by atoms with Crippen molar-refractivity contribution in [3.63, 3.8) is 0 Å². The van der Waals surface area contributed by atoms with Gasteiger partial charge in [0.1, 0.15) is 5.69 Å². The number of aryl methyl sites for hydroxylation is 1. The van der Waals surface area contributed by atoms with Crippen molar-refractivity contribution in [1.82, 2.24) is 4.98 Å². The molecule has 2 N–H and O–H groups in total. The summed E-state index contributed by atoms with van der Waals surface area (Å²) in [5.41, 5.74) is 6.44. The Hall–Kier alpha value is -0.840. The molecule has 1 aromatic heterocycles.